The second-order valence-electron chi connectivity index (χ2n) is 5.29. The van der Waals surface area contributed by atoms with Crippen LogP contribution in [0.15, 0.2) is 16.7 Å². The summed E-state index contributed by atoms with van der Waals surface area (Å²) in [4.78, 5) is 4.27. The van der Waals surface area contributed by atoms with Gasteiger partial charge in [0.1, 0.15) is 0 Å². The maximum Gasteiger partial charge on any atom is 0.497 e. The van der Waals surface area contributed by atoms with Crippen LogP contribution in [0.25, 0.3) is 0 Å². The molecule has 1 heterocycles. The maximum atomic E-state index is 5.89. The lowest BCUT2D eigenvalue weighted by atomic mass is 9.79. The van der Waals surface area contributed by atoms with Crippen molar-refractivity contribution < 1.29 is 9.31 Å². The average molecular weight is 238 g/mol. The summed E-state index contributed by atoms with van der Waals surface area (Å²) in [5.74, 6) is 0. The first kappa shape index (κ1) is 14.3. The van der Waals surface area contributed by atoms with Gasteiger partial charge in [-0.3, -0.25) is 4.99 Å². The average Bonchev–Trinajstić information content (AvgIpc) is 2.43. The number of nitrogens with two attached hydrogens (primary N) is 1. The lowest BCUT2D eigenvalue weighted by Gasteiger charge is -2.32. The highest BCUT2D eigenvalue weighted by atomic mass is 16.7. The third kappa shape index (κ3) is 3.10. The number of hydrogen-bond donors (Lipinski definition) is 1. The lowest BCUT2D eigenvalue weighted by Crippen LogP contribution is -2.41. The molecule has 0 radical (unpaired) electrons. The SMILES string of the molecule is CCCN=C/C(=C\N)B1OC(C)(C)C(C)(C)O1. The van der Waals surface area contributed by atoms with Crippen molar-refractivity contribution in [3.8, 4) is 0 Å². The van der Waals surface area contributed by atoms with Crippen LogP contribution in [0.4, 0.5) is 0 Å². The van der Waals surface area contributed by atoms with E-state index >= 15 is 0 Å². The molecule has 5 heteroatoms. The molecule has 0 saturated carbocycles. The zero-order valence-electron chi connectivity index (χ0n) is 11.5. The fourth-order valence-corrected chi connectivity index (χ4v) is 1.46. The first-order valence-corrected chi connectivity index (χ1v) is 6.11. The Balaban J connectivity index is 2.75. The highest BCUT2D eigenvalue weighted by molar-refractivity contribution is 6.60. The van der Waals surface area contributed by atoms with Gasteiger partial charge in [0.2, 0.25) is 0 Å². The van der Waals surface area contributed by atoms with Crippen molar-refractivity contribution in [1.29, 1.82) is 0 Å². The van der Waals surface area contributed by atoms with Gasteiger partial charge in [0, 0.05) is 18.2 Å². The quantitative estimate of drug-likeness (QED) is 0.601. The molecule has 1 fully saturated rings. The summed E-state index contributed by atoms with van der Waals surface area (Å²) in [5.41, 5.74) is 5.69. The van der Waals surface area contributed by atoms with Gasteiger partial charge < -0.3 is 15.0 Å². The van der Waals surface area contributed by atoms with E-state index < -0.39 is 7.12 Å². The van der Waals surface area contributed by atoms with E-state index in [1.807, 2.05) is 27.7 Å². The summed E-state index contributed by atoms with van der Waals surface area (Å²) in [6, 6.07) is 0. The van der Waals surface area contributed by atoms with Crippen molar-refractivity contribution in [2.45, 2.75) is 52.2 Å². The largest absolute Gasteiger partial charge is 0.497 e. The van der Waals surface area contributed by atoms with Gasteiger partial charge in [0.15, 0.2) is 0 Å². The molecule has 1 saturated heterocycles. The summed E-state index contributed by atoms with van der Waals surface area (Å²) < 4.78 is 11.8. The van der Waals surface area contributed by atoms with Crippen LogP contribution in [0.5, 0.6) is 0 Å². The van der Waals surface area contributed by atoms with Gasteiger partial charge >= 0.3 is 7.12 Å². The van der Waals surface area contributed by atoms with E-state index in [2.05, 4.69) is 11.9 Å². The number of hydrogen-bond acceptors (Lipinski definition) is 4. The molecule has 4 nitrogen and oxygen atoms in total. The summed E-state index contributed by atoms with van der Waals surface area (Å²) in [5, 5.41) is 0. The highest BCUT2D eigenvalue weighted by Crippen LogP contribution is 2.38. The summed E-state index contributed by atoms with van der Waals surface area (Å²) in [6.07, 6.45) is 4.25. The molecule has 0 unspecified atom stereocenters. The Morgan fingerprint density at radius 3 is 2.18 bits per heavy atom. The van der Waals surface area contributed by atoms with Crippen molar-refractivity contribution in [1.82, 2.24) is 0 Å². The topological polar surface area (TPSA) is 56.8 Å². The predicted molar refractivity (Wildman–Crippen MR) is 72.0 cm³/mol. The maximum absolute atomic E-state index is 5.89. The van der Waals surface area contributed by atoms with Crippen LogP contribution in [-0.2, 0) is 9.31 Å². The molecular formula is C12H23BN2O2. The third-order valence-electron chi connectivity index (χ3n) is 3.31. The van der Waals surface area contributed by atoms with Gasteiger partial charge in [0.05, 0.1) is 11.2 Å². The highest BCUT2D eigenvalue weighted by Gasteiger charge is 2.52. The molecule has 1 aliphatic rings. The Morgan fingerprint density at radius 1 is 1.24 bits per heavy atom. The molecule has 96 valence electrons. The first-order valence-electron chi connectivity index (χ1n) is 6.11. The molecule has 17 heavy (non-hydrogen) atoms. The first-order chi connectivity index (χ1) is 7.84. The van der Waals surface area contributed by atoms with E-state index in [0.717, 1.165) is 18.4 Å². The minimum atomic E-state index is -0.425. The Bertz CT molecular complexity index is 308. The molecule has 0 aromatic heterocycles. The van der Waals surface area contributed by atoms with E-state index in [1.54, 1.807) is 6.21 Å². The zero-order chi connectivity index (χ0) is 13.1. The van der Waals surface area contributed by atoms with Crippen LogP contribution in [0.1, 0.15) is 41.0 Å². The molecule has 0 aromatic carbocycles. The number of rotatable bonds is 4. The van der Waals surface area contributed by atoms with Gasteiger partial charge in [-0.05, 0) is 40.3 Å². The van der Waals surface area contributed by atoms with Gasteiger partial charge in [-0.15, -0.1) is 0 Å². The minimum Gasteiger partial charge on any atom is -0.405 e. The summed E-state index contributed by atoms with van der Waals surface area (Å²) in [7, 11) is -0.425. The van der Waals surface area contributed by atoms with Crippen molar-refractivity contribution in [2.75, 3.05) is 6.54 Å². The van der Waals surface area contributed by atoms with Crippen molar-refractivity contribution in [3.63, 3.8) is 0 Å². The van der Waals surface area contributed by atoms with Gasteiger partial charge in [-0.2, -0.15) is 0 Å². The van der Waals surface area contributed by atoms with Crippen molar-refractivity contribution >= 4 is 13.3 Å². The Labute approximate surface area is 104 Å². The van der Waals surface area contributed by atoms with E-state index in [-0.39, 0.29) is 11.2 Å². The number of nitrogens with zero attached hydrogens (tertiary/aromatic N) is 1. The molecule has 0 bridgehead atoms. The molecule has 0 atom stereocenters. The summed E-state index contributed by atoms with van der Waals surface area (Å²) in [6.45, 7) is 10.9. The second kappa shape index (κ2) is 5.23. The number of aliphatic imine (C=N–C) groups is 1. The van der Waals surface area contributed by atoms with Crippen LogP contribution in [0.2, 0.25) is 0 Å². The fraction of sp³-hybridized carbons (Fsp3) is 0.750. The smallest absolute Gasteiger partial charge is 0.405 e. The predicted octanol–water partition coefficient (Wildman–Crippen LogP) is 1.94. The Morgan fingerprint density at radius 2 is 1.76 bits per heavy atom. The molecule has 2 N–H and O–H groups in total. The molecule has 1 rings (SSSR count). The molecule has 0 amide bonds. The molecule has 0 aliphatic carbocycles. The van der Waals surface area contributed by atoms with E-state index in [4.69, 9.17) is 15.0 Å². The van der Waals surface area contributed by atoms with Gasteiger partial charge in [-0.25, -0.2) is 0 Å². The van der Waals surface area contributed by atoms with Crippen molar-refractivity contribution in [2.24, 2.45) is 10.7 Å². The van der Waals surface area contributed by atoms with Crippen molar-refractivity contribution in [3.05, 3.63) is 11.7 Å². The van der Waals surface area contributed by atoms with E-state index in [9.17, 15) is 0 Å². The Kier molecular flexibility index (Phi) is 4.39. The normalized spacial score (nSPS) is 23.6. The van der Waals surface area contributed by atoms with Gasteiger partial charge in [0.25, 0.3) is 0 Å². The van der Waals surface area contributed by atoms with E-state index in [1.165, 1.54) is 6.20 Å². The van der Waals surface area contributed by atoms with Crippen LogP contribution >= 0.6 is 0 Å². The molecular weight excluding hydrogens is 215 g/mol. The zero-order valence-corrected chi connectivity index (χ0v) is 11.5. The molecule has 1 aliphatic heterocycles. The van der Waals surface area contributed by atoms with Crippen LogP contribution in [-0.4, -0.2) is 31.1 Å². The second-order valence-corrected chi connectivity index (χ2v) is 5.29. The van der Waals surface area contributed by atoms with Crippen LogP contribution in [0, 0.1) is 0 Å². The molecule has 0 spiro atoms. The van der Waals surface area contributed by atoms with Crippen LogP contribution in [0.3, 0.4) is 0 Å². The van der Waals surface area contributed by atoms with Gasteiger partial charge in [-0.1, -0.05) is 6.92 Å². The molecule has 0 aromatic rings. The number of allylic oxidation sites excluding steroid dienone is 1. The Hall–Kier alpha value is -0.805. The lowest BCUT2D eigenvalue weighted by molar-refractivity contribution is 0.00578. The monoisotopic (exact) mass is 238 g/mol. The van der Waals surface area contributed by atoms with E-state index in [0.29, 0.717) is 0 Å². The minimum absolute atomic E-state index is 0.343. The fourth-order valence-electron chi connectivity index (χ4n) is 1.46. The third-order valence-corrected chi connectivity index (χ3v) is 3.31. The van der Waals surface area contributed by atoms with Crippen LogP contribution < -0.4 is 5.73 Å². The summed E-state index contributed by atoms with van der Waals surface area (Å²) >= 11 is 0. The standard InChI is InChI=1S/C12H23BN2O2/c1-6-7-15-9-10(8-14)13-16-11(2,3)12(4,5)17-13/h8-9H,6-7,14H2,1-5H3/b10-8+,15-9?.